The highest BCUT2D eigenvalue weighted by atomic mass is 16.3. The van der Waals surface area contributed by atoms with Gasteiger partial charge in [-0.05, 0) is 25.5 Å². The molecule has 1 aromatic heterocycles. The number of nitrogen functional groups attached to an aromatic ring is 1. The van der Waals surface area contributed by atoms with Crippen LogP contribution in [0.25, 0.3) is 0 Å². The molecule has 0 spiro atoms. The maximum absolute atomic E-state index is 12.1. The summed E-state index contributed by atoms with van der Waals surface area (Å²) in [5.41, 5.74) is 1.94. The lowest BCUT2D eigenvalue weighted by atomic mass is 10.1. The zero-order valence-corrected chi connectivity index (χ0v) is 9.68. The maximum Gasteiger partial charge on any atom is 0.272 e. The summed E-state index contributed by atoms with van der Waals surface area (Å²) in [4.78, 5) is 17.8. The fourth-order valence-corrected chi connectivity index (χ4v) is 1.91. The molecule has 2 heterocycles. The van der Waals surface area contributed by atoms with E-state index in [1.54, 1.807) is 30.0 Å². The third-order valence-electron chi connectivity index (χ3n) is 2.86. The quantitative estimate of drug-likeness (QED) is 0.495. The average Bonchev–Trinajstić information content (AvgIpc) is 2.69. The Morgan fingerprint density at radius 2 is 2.41 bits per heavy atom. The Labute approximate surface area is 99.4 Å². The molecule has 0 radical (unpaired) electrons. The number of carbonyl (C=O) groups is 1. The van der Waals surface area contributed by atoms with Gasteiger partial charge in [0.15, 0.2) is 0 Å². The molecule has 6 nitrogen and oxygen atoms in total. The number of pyridine rings is 1. The molecule has 1 unspecified atom stereocenters. The number of anilines is 1. The van der Waals surface area contributed by atoms with Crippen LogP contribution in [0.4, 0.5) is 5.82 Å². The molecule has 0 bridgehead atoms. The van der Waals surface area contributed by atoms with Crippen molar-refractivity contribution in [2.45, 2.75) is 18.9 Å². The molecule has 1 aliphatic heterocycles. The van der Waals surface area contributed by atoms with Crippen LogP contribution >= 0.6 is 0 Å². The highest BCUT2D eigenvalue weighted by Gasteiger charge is 2.34. The molecule has 1 fully saturated rings. The molecule has 1 amide bonds. The number of nitrogens with one attached hydrogen (secondary N) is 1. The topological polar surface area (TPSA) is 91.5 Å². The van der Waals surface area contributed by atoms with Crippen LogP contribution in [0.5, 0.6) is 0 Å². The molecule has 0 saturated carbocycles. The Bertz CT molecular complexity index is 433. The molecule has 0 aliphatic carbocycles. The van der Waals surface area contributed by atoms with Gasteiger partial charge in [-0.15, -0.1) is 0 Å². The van der Waals surface area contributed by atoms with Crippen molar-refractivity contribution in [1.82, 2.24) is 9.88 Å². The molecular formula is C11H16N4O2. The van der Waals surface area contributed by atoms with E-state index in [0.29, 0.717) is 31.0 Å². The largest absolute Gasteiger partial charge is 0.388 e. The van der Waals surface area contributed by atoms with Gasteiger partial charge in [-0.3, -0.25) is 4.79 Å². The number of aliphatic hydroxyl groups is 1. The number of aromatic nitrogens is 1. The van der Waals surface area contributed by atoms with E-state index in [1.165, 1.54) is 0 Å². The molecule has 92 valence electrons. The number of hydrogen-bond donors (Lipinski definition) is 3. The van der Waals surface area contributed by atoms with Gasteiger partial charge >= 0.3 is 0 Å². The fraction of sp³-hybridized carbons (Fsp3) is 0.455. The molecule has 1 saturated heterocycles. The van der Waals surface area contributed by atoms with E-state index in [2.05, 4.69) is 10.4 Å². The van der Waals surface area contributed by atoms with E-state index in [0.717, 1.165) is 0 Å². The molecule has 1 aliphatic rings. The lowest BCUT2D eigenvalue weighted by Gasteiger charge is -2.18. The van der Waals surface area contributed by atoms with Crippen LogP contribution in [0, 0.1) is 0 Å². The van der Waals surface area contributed by atoms with Crippen LogP contribution in [0.3, 0.4) is 0 Å². The van der Waals surface area contributed by atoms with Crippen molar-refractivity contribution in [2.24, 2.45) is 5.84 Å². The van der Waals surface area contributed by atoms with Crippen LogP contribution in [-0.2, 0) is 0 Å². The summed E-state index contributed by atoms with van der Waals surface area (Å²) in [6, 6.07) is 5.02. The second-order valence-electron chi connectivity index (χ2n) is 4.53. The van der Waals surface area contributed by atoms with Gasteiger partial charge in [-0.2, -0.15) is 0 Å². The van der Waals surface area contributed by atoms with E-state index in [1.807, 2.05) is 0 Å². The fourth-order valence-electron chi connectivity index (χ4n) is 1.91. The monoisotopic (exact) mass is 236 g/mol. The van der Waals surface area contributed by atoms with Gasteiger partial charge in [0.05, 0.1) is 5.60 Å². The Balaban J connectivity index is 2.15. The second-order valence-corrected chi connectivity index (χ2v) is 4.53. The van der Waals surface area contributed by atoms with Crippen molar-refractivity contribution < 1.29 is 9.90 Å². The number of nitrogens with zero attached hydrogens (tertiary/aromatic N) is 2. The van der Waals surface area contributed by atoms with E-state index in [9.17, 15) is 9.90 Å². The first-order valence-electron chi connectivity index (χ1n) is 5.47. The normalized spacial score (nSPS) is 23.8. The summed E-state index contributed by atoms with van der Waals surface area (Å²) in [5.74, 6) is 5.50. The minimum absolute atomic E-state index is 0.181. The standard InChI is InChI=1S/C11H16N4O2/c1-11(17)5-6-15(7-11)10(16)8-3-2-4-9(13-8)14-12/h2-4,17H,5-7,12H2,1H3,(H,13,14). The highest BCUT2D eigenvalue weighted by molar-refractivity contribution is 5.92. The maximum atomic E-state index is 12.1. The van der Waals surface area contributed by atoms with Crippen LogP contribution in [-0.4, -0.2) is 39.6 Å². The van der Waals surface area contributed by atoms with Crippen molar-refractivity contribution in [2.75, 3.05) is 18.5 Å². The lowest BCUT2D eigenvalue weighted by Crippen LogP contribution is -2.34. The predicted molar refractivity (Wildman–Crippen MR) is 63.2 cm³/mol. The minimum Gasteiger partial charge on any atom is -0.388 e. The van der Waals surface area contributed by atoms with E-state index < -0.39 is 5.60 Å². The SMILES string of the molecule is CC1(O)CCN(C(=O)c2cccc(NN)n2)C1. The molecule has 6 heteroatoms. The first-order valence-corrected chi connectivity index (χ1v) is 5.47. The van der Waals surface area contributed by atoms with Crippen molar-refractivity contribution in [3.8, 4) is 0 Å². The van der Waals surface area contributed by atoms with Crippen LogP contribution in [0.1, 0.15) is 23.8 Å². The van der Waals surface area contributed by atoms with Gasteiger partial charge in [-0.25, -0.2) is 10.8 Å². The zero-order chi connectivity index (χ0) is 12.5. The van der Waals surface area contributed by atoms with Gasteiger partial charge in [0.1, 0.15) is 11.5 Å². The average molecular weight is 236 g/mol. The summed E-state index contributed by atoms with van der Waals surface area (Å²) in [6.45, 7) is 2.62. The van der Waals surface area contributed by atoms with Gasteiger partial charge in [0.25, 0.3) is 5.91 Å². The van der Waals surface area contributed by atoms with Crippen LogP contribution in [0.15, 0.2) is 18.2 Å². The van der Waals surface area contributed by atoms with Crippen molar-refractivity contribution in [3.05, 3.63) is 23.9 Å². The van der Waals surface area contributed by atoms with E-state index in [-0.39, 0.29) is 5.91 Å². The third-order valence-corrected chi connectivity index (χ3v) is 2.86. The number of rotatable bonds is 2. The molecule has 1 atom stereocenters. The van der Waals surface area contributed by atoms with Gasteiger partial charge in [0.2, 0.25) is 0 Å². The molecule has 4 N–H and O–H groups in total. The summed E-state index contributed by atoms with van der Waals surface area (Å²) < 4.78 is 0. The van der Waals surface area contributed by atoms with Gasteiger partial charge in [0, 0.05) is 13.1 Å². The molecule has 0 aromatic carbocycles. The number of nitrogens with two attached hydrogens (primary N) is 1. The van der Waals surface area contributed by atoms with E-state index >= 15 is 0 Å². The summed E-state index contributed by atoms with van der Waals surface area (Å²) in [7, 11) is 0. The zero-order valence-electron chi connectivity index (χ0n) is 9.68. The van der Waals surface area contributed by atoms with Gasteiger partial charge < -0.3 is 15.4 Å². The molecular weight excluding hydrogens is 220 g/mol. The Kier molecular flexibility index (Phi) is 2.99. The number of β-amino-alcohol motifs (C(OH)–C–C–N with tert-alkyl or cyclic N) is 1. The third kappa shape index (κ3) is 2.54. The summed E-state index contributed by atoms with van der Waals surface area (Å²) >= 11 is 0. The van der Waals surface area contributed by atoms with Crippen molar-refractivity contribution >= 4 is 11.7 Å². The first-order chi connectivity index (χ1) is 8.02. The number of likely N-dealkylation sites (tertiary alicyclic amines) is 1. The Hall–Kier alpha value is -1.66. The van der Waals surface area contributed by atoms with Crippen molar-refractivity contribution in [1.29, 1.82) is 0 Å². The Morgan fingerprint density at radius 3 is 3.00 bits per heavy atom. The number of hydrogen-bond acceptors (Lipinski definition) is 5. The van der Waals surface area contributed by atoms with Gasteiger partial charge in [-0.1, -0.05) is 6.07 Å². The van der Waals surface area contributed by atoms with Crippen LogP contribution < -0.4 is 11.3 Å². The number of hydrazine groups is 1. The lowest BCUT2D eigenvalue weighted by molar-refractivity contribution is 0.0569. The molecule has 17 heavy (non-hydrogen) atoms. The number of amides is 1. The Morgan fingerprint density at radius 1 is 1.65 bits per heavy atom. The van der Waals surface area contributed by atoms with E-state index in [4.69, 9.17) is 5.84 Å². The first kappa shape index (κ1) is 11.8. The highest BCUT2D eigenvalue weighted by Crippen LogP contribution is 2.21. The van der Waals surface area contributed by atoms with Crippen molar-refractivity contribution in [3.63, 3.8) is 0 Å². The molecule has 1 aromatic rings. The minimum atomic E-state index is -0.792. The summed E-state index contributed by atoms with van der Waals surface area (Å²) in [6.07, 6.45) is 0.591. The predicted octanol–water partition coefficient (Wildman–Crippen LogP) is -0.0359. The summed E-state index contributed by atoms with van der Waals surface area (Å²) in [5, 5.41) is 9.81. The second kappa shape index (κ2) is 4.31. The van der Waals surface area contributed by atoms with Crippen LogP contribution in [0.2, 0.25) is 0 Å². The number of carbonyl (C=O) groups excluding carboxylic acids is 1. The molecule has 2 rings (SSSR count). The smallest absolute Gasteiger partial charge is 0.272 e.